The van der Waals surface area contributed by atoms with E-state index in [4.69, 9.17) is 4.52 Å². The van der Waals surface area contributed by atoms with Gasteiger partial charge in [0.15, 0.2) is 5.82 Å². The maximum absolute atomic E-state index is 13.6. The van der Waals surface area contributed by atoms with E-state index < -0.39 is 17.4 Å². The van der Waals surface area contributed by atoms with E-state index in [2.05, 4.69) is 10.1 Å². The molecule has 4 aliphatic carbocycles. The van der Waals surface area contributed by atoms with Crippen LogP contribution in [0, 0.1) is 18.3 Å². The Morgan fingerprint density at radius 3 is 2.38 bits per heavy atom. The molecule has 6 rings (SSSR count). The number of hydrogen-bond acceptors (Lipinski definition) is 5. The number of carbonyl (C=O) groups is 1. The number of halogens is 2. The van der Waals surface area contributed by atoms with Crippen molar-refractivity contribution in [2.45, 2.75) is 89.1 Å². The molecule has 0 aliphatic heterocycles. The predicted molar refractivity (Wildman–Crippen MR) is 123 cm³/mol. The minimum Gasteiger partial charge on any atom is -0.390 e. The van der Waals surface area contributed by atoms with Crippen molar-refractivity contribution in [3.63, 3.8) is 0 Å². The van der Waals surface area contributed by atoms with E-state index in [9.17, 15) is 18.7 Å². The molecule has 6 nitrogen and oxygen atoms in total. The zero-order chi connectivity index (χ0) is 24.4. The smallest absolute Gasteiger partial charge is 0.322 e. The maximum atomic E-state index is 13.6. The van der Waals surface area contributed by atoms with Gasteiger partial charge in [-0.25, -0.2) is 0 Å². The van der Waals surface area contributed by atoms with Gasteiger partial charge in [-0.05, 0) is 88.3 Å². The van der Waals surface area contributed by atoms with Crippen LogP contribution in [0.4, 0.5) is 14.5 Å². The van der Waals surface area contributed by atoms with Crippen LogP contribution in [0.2, 0.25) is 0 Å². The molecule has 4 fully saturated rings. The summed E-state index contributed by atoms with van der Waals surface area (Å²) in [5.41, 5.74) is 0.904. The molecule has 0 saturated heterocycles. The fraction of sp³-hybridized carbons (Fsp3) is 0.654. The van der Waals surface area contributed by atoms with Gasteiger partial charge in [-0.3, -0.25) is 4.79 Å². The summed E-state index contributed by atoms with van der Waals surface area (Å²) in [6.07, 6.45) is 6.05. The molecule has 1 amide bonds. The summed E-state index contributed by atoms with van der Waals surface area (Å²) >= 11 is 0. The number of aryl methyl sites for hydroxylation is 1. The van der Waals surface area contributed by atoms with E-state index in [1.807, 2.05) is 36.1 Å². The summed E-state index contributed by atoms with van der Waals surface area (Å²) in [5, 5.41) is 14.1. The third-order valence-corrected chi connectivity index (χ3v) is 8.47. The molecule has 1 aromatic carbocycles. The van der Waals surface area contributed by atoms with Gasteiger partial charge in [0.25, 0.3) is 5.89 Å². The lowest BCUT2D eigenvalue weighted by Gasteiger charge is -2.54. The molecule has 0 unspecified atom stereocenters. The van der Waals surface area contributed by atoms with E-state index in [1.54, 1.807) is 6.92 Å². The Hall–Kier alpha value is -2.35. The highest BCUT2D eigenvalue weighted by Crippen LogP contribution is 2.58. The number of amides is 1. The summed E-state index contributed by atoms with van der Waals surface area (Å²) in [6.45, 7) is 5.21. The second-order valence-electron chi connectivity index (χ2n) is 11.5. The van der Waals surface area contributed by atoms with Crippen LogP contribution in [-0.2, 0) is 16.1 Å². The van der Waals surface area contributed by atoms with Gasteiger partial charge in [-0.1, -0.05) is 17.3 Å². The van der Waals surface area contributed by atoms with Gasteiger partial charge in [0.2, 0.25) is 5.91 Å². The number of aromatic nitrogens is 2. The van der Waals surface area contributed by atoms with Crippen LogP contribution in [0.5, 0.6) is 0 Å². The van der Waals surface area contributed by atoms with Crippen molar-refractivity contribution < 1.29 is 23.2 Å². The van der Waals surface area contributed by atoms with Gasteiger partial charge in [0.05, 0.1) is 5.60 Å². The summed E-state index contributed by atoms with van der Waals surface area (Å²) in [5.74, 6) is -3.43. The van der Waals surface area contributed by atoms with Crippen molar-refractivity contribution in [2.75, 3.05) is 11.4 Å². The van der Waals surface area contributed by atoms with Crippen LogP contribution in [0.25, 0.3) is 0 Å². The highest BCUT2D eigenvalue weighted by molar-refractivity contribution is 5.96. The molecule has 184 valence electrons. The highest BCUT2D eigenvalue weighted by atomic mass is 19.3. The van der Waals surface area contributed by atoms with E-state index >= 15 is 0 Å². The number of alkyl halides is 2. The molecule has 0 radical (unpaired) electrons. The first-order valence-corrected chi connectivity index (χ1v) is 12.2. The maximum Gasteiger partial charge on any atom is 0.322 e. The number of nitrogens with zero attached hydrogens (tertiary/aromatic N) is 3. The Bertz CT molecular complexity index is 1060. The summed E-state index contributed by atoms with van der Waals surface area (Å²) < 4.78 is 32.2. The number of fused-ring (bicyclic) bond motifs is 3. The summed E-state index contributed by atoms with van der Waals surface area (Å²) in [7, 11) is 0. The highest BCUT2D eigenvalue weighted by Gasteiger charge is 2.53. The largest absolute Gasteiger partial charge is 0.390 e. The van der Waals surface area contributed by atoms with Crippen molar-refractivity contribution in [1.82, 2.24) is 10.1 Å². The number of aliphatic hydroxyl groups is 1. The normalized spacial score (nSPS) is 32.9. The Morgan fingerprint density at radius 1 is 1.21 bits per heavy atom. The first-order valence-electron chi connectivity index (χ1n) is 12.2. The van der Waals surface area contributed by atoms with Crippen LogP contribution < -0.4 is 4.90 Å². The van der Waals surface area contributed by atoms with E-state index in [1.165, 1.54) is 0 Å². The van der Waals surface area contributed by atoms with E-state index in [-0.39, 0.29) is 22.7 Å². The minimum absolute atomic E-state index is 0.0192. The SMILES string of the molecule is Cc1cccc(N(CC23CCC(c4noc(C(C)(F)F)n4)(CC2)CC3)C(=O)C2CC(C)(O)C2)c1. The monoisotopic (exact) mass is 473 g/mol. The van der Waals surface area contributed by atoms with E-state index in [0.29, 0.717) is 25.2 Å². The average Bonchev–Trinajstić information content (AvgIpc) is 3.29. The molecule has 8 heteroatoms. The first kappa shape index (κ1) is 23.4. The third kappa shape index (κ3) is 4.14. The molecular weight excluding hydrogens is 440 g/mol. The number of hydrogen-bond donors (Lipinski definition) is 1. The van der Waals surface area contributed by atoms with Gasteiger partial charge >= 0.3 is 5.92 Å². The Labute approximate surface area is 198 Å². The fourth-order valence-electron chi connectivity index (χ4n) is 6.28. The average molecular weight is 474 g/mol. The van der Waals surface area contributed by atoms with Gasteiger partial charge in [0, 0.05) is 30.5 Å². The molecule has 4 saturated carbocycles. The van der Waals surface area contributed by atoms with E-state index in [0.717, 1.165) is 56.7 Å². The number of benzene rings is 1. The predicted octanol–water partition coefficient (Wildman–Crippen LogP) is 5.28. The molecule has 4 aliphatic rings. The lowest BCUT2D eigenvalue weighted by Crippen LogP contribution is -2.54. The number of anilines is 1. The Morgan fingerprint density at radius 2 is 1.85 bits per heavy atom. The van der Waals surface area contributed by atoms with Crippen molar-refractivity contribution in [2.24, 2.45) is 11.3 Å². The Kier molecular flexibility index (Phi) is 5.39. The number of rotatable bonds is 6. The number of carbonyl (C=O) groups excluding carboxylic acids is 1. The van der Waals surface area contributed by atoms with Crippen molar-refractivity contribution in [1.29, 1.82) is 0 Å². The van der Waals surface area contributed by atoms with Crippen LogP contribution in [0.3, 0.4) is 0 Å². The molecule has 2 bridgehead atoms. The lowest BCUT2D eigenvalue weighted by atomic mass is 9.53. The minimum atomic E-state index is -3.14. The zero-order valence-corrected chi connectivity index (χ0v) is 20.1. The molecule has 2 aromatic rings. The van der Waals surface area contributed by atoms with Crippen molar-refractivity contribution >= 4 is 11.6 Å². The third-order valence-electron chi connectivity index (χ3n) is 8.47. The van der Waals surface area contributed by atoms with Crippen LogP contribution in [0.15, 0.2) is 28.8 Å². The quantitative estimate of drug-likeness (QED) is 0.618. The molecule has 1 heterocycles. The summed E-state index contributed by atoms with van der Waals surface area (Å²) in [4.78, 5) is 19.6. The molecule has 1 aromatic heterocycles. The van der Waals surface area contributed by atoms with Crippen LogP contribution in [0.1, 0.15) is 82.5 Å². The van der Waals surface area contributed by atoms with Gasteiger partial charge in [-0.2, -0.15) is 13.8 Å². The summed E-state index contributed by atoms with van der Waals surface area (Å²) in [6, 6.07) is 8.03. The molecular formula is C26H33F2N3O3. The standard InChI is InChI=1S/C26H33F2N3O3/c1-17-5-4-6-19(13-17)31(20(32)18-14-23(2,33)15-18)16-25-7-10-26(11-8-25,12-9-25)21-29-22(34-30-21)24(3,27)28/h4-6,13,18,33H,7-12,14-16H2,1-3H3. The second kappa shape index (κ2) is 7.83. The van der Waals surface area contributed by atoms with Gasteiger partial charge < -0.3 is 14.5 Å². The van der Waals surface area contributed by atoms with Gasteiger partial charge in [0.1, 0.15) is 0 Å². The Balaban J connectivity index is 1.35. The topological polar surface area (TPSA) is 79.5 Å². The molecule has 0 spiro atoms. The van der Waals surface area contributed by atoms with Crippen LogP contribution in [-0.4, -0.2) is 33.3 Å². The first-order chi connectivity index (χ1) is 15.9. The molecule has 0 atom stereocenters. The second-order valence-corrected chi connectivity index (χ2v) is 11.5. The van der Waals surface area contributed by atoms with Crippen molar-refractivity contribution in [3.8, 4) is 0 Å². The zero-order valence-electron chi connectivity index (χ0n) is 20.1. The molecule has 34 heavy (non-hydrogen) atoms. The van der Waals surface area contributed by atoms with Crippen LogP contribution >= 0.6 is 0 Å². The lowest BCUT2D eigenvalue weighted by molar-refractivity contribution is -0.137. The van der Waals surface area contributed by atoms with Crippen molar-refractivity contribution in [3.05, 3.63) is 41.5 Å². The fourth-order valence-corrected chi connectivity index (χ4v) is 6.28. The molecule has 1 N–H and O–H groups in total. The van der Waals surface area contributed by atoms with Gasteiger partial charge in [-0.15, -0.1) is 0 Å².